The van der Waals surface area contributed by atoms with Gasteiger partial charge in [-0.2, -0.15) is 5.10 Å². The molecule has 2 rings (SSSR count). The van der Waals surface area contributed by atoms with Crippen molar-refractivity contribution < 1.29 is 9.90 Å². The van der Waals surface area contributed by atoms with E-state index in [9.17, 15) is 9.90 Å². The largest absolute Gasteiger partial charge is 0.393 e. The Labute approximate surface area is 107 Å². The Hall–Kier alpha value is -1.36. The molecule has 1 saturated heterocycles. The second-order valence-electron chi connectivity index (χ2n) is 5.08. The van der Waals surface area contributed by atoms with Crippen molar-refractivity contribution in [2.75, 3.05) is 13.1 Å². The van der Waals surface area contributed by atoms with Gasteiger partial charge in [0.15, 0.2) is 0 Å². The number of nitrogens with zero attached hydrogens (tertiary/aromatic N) is 3. The van der Waals surface area contributed by atoms with E-state index in [0.717, 1.165) is 12.1 Å². The van der Waals surface area contributed by atoms with Gasteiger partial charge >= 0.3 is 0 Å². The lowest BCUT2D eigenvalue weighted by molar-refractivity contribution is 0.0291. The van der Waals surface area contributed by atoms with Crippen LogP contribution in [0.3, 0.4) is 0 Å². The molecule has 1 fully saturated rings. The van der Waals surface area contributed by atoms with E-state index in [4.69, 9.17) is 0 Å². The number of likely N-dealkylation sites (tertiary alicyclic amines) is 1. The quantitative estimate of drug-likeness (QED) is 0.847. The minimum Gasteiger partial charge on any atom is -0.393 e. The fourth-order valence-corrected chi connectivity index (χ4v) is 2.38. The number of piperidine rings is 1. The van der Waals surface area contributed by atoms with Gasteiger partial charge in [-0.1, -0.05) is 13.8 Å². The zero-order valence-corrected chi connectivity index (χ0v) is 11.3. The van der Waals surface area contributed by atoms with Crippen LogP contribution in [-0.2, 0) is 13.5 Å². The molecule has 5 heteroatoms. The summed E-state index contributed by atoms with van der Waals surface area (Å²) in [4.78, 5) is 14.2. The van der Waals surface area contributed by atoms with E-state index in [1.54, 1.807) is 11.7 Å². The molecule has 1 amide bonds. The first-order chi connectivity index (χ1) is 8.52. The maximum atomic E-state index is 12.4. The van der Waals surface area contributed by atoms with Crippen molar-refractivity contribution in [2.45, 2.75) is 32.8 Å². The van der Waals surface area contributed by atoms with E-state index in [1.165, 1.54) is 0 Å². The van der Waals surface area contributed by atoms with Crippen LogP contribution in [0.15, 0.2) is 6.07 Å². The Morgan fingerprint density at radius 3 is 2.89 bits per heavy atom. The minimum absolute atomic E-state index is 0.0171. The summed E-state index contributed by atoms with van der Waals surface area (Å²) in [6, 6.07) is 1.86. The number of carbonyl (C=O) groups excluding carboxylic acids is 1. The van der Waals surface area contributed by atoms with E-state index in [2.05, 4.69) is 5.10 Å². The molecular weight excluding hydrogens is 230 g/mol. The maximum absolute atomic E-state index is 12.4. The molecule has 100 valence electrons. The predicted molar refractivity (Wildman–Crippen MR) is 68.3 cm³/mol. The summed E-state index contributed by atoms with van der Waals surface area (Å²) >= 11 is 0. The van der Waals surface area contributed by atoms with Crippen LogP contribution in [0.1, 0.15) is 36.5 Å². The minimum atomic E-state index is -0.285. The summed E-state index contributed by atoms with van der Waals surface area (Å²) in [6.45, 7) is 5.24. The van der Waals surface area contributed by atoms with Crippen molar-refractivity contribution in [3.63, 3.8) is 0 Å². The topological polar surface area (TPSA) is 58.4 Å². The first kappa shape index (κ1) is 13.1. The normalized spacial score (nSPS) is 24.3. The third-order valence-corrected chi connectivity index (χ3v) is 3.66. The highest BCUT2D eigenvalue weighted by Gasteiger charge is 2.29. The summed E-state index contributed by atoms with van der Waals surface area (Å²) in [5, 5.41) is 14.0. The Kier molecular flexibility index (Phi) is 3.71. The standard InChI is InChI=1S/C13H21N3O2/c1-4-10-7-11(15(3)14-10)13(18)16-6-5-12(17)9(2)8-16/h7,9,12,17H,4-6,8H2,1-3H3. The first-order valence-electron chi connectivity index (χ1n) is 6.53. The Balaban J connectivity index is 2.13. The molecule has 5 nitrogen and oxygen atoms in total. The van der Waals surface area contributed by atoms with Crippen molar-refractivity contribution in [3.05, 3.63) is 17.5 Å². The Morgan fingerprint density at radius 2 is 2.33 bits per heavy atom. The Bertz CT molecular complexity index is 441. The van der Waals surface area contributed by atoms with Crippen molar-refractivity contribution in [1.82, 2.24) is 14.7 Å². The van der Waals surface area contributed by atoms with E-state index in [0.29, 0.717) is 25.2 Å². The lowest BCUT2D eigenvalue weighted by Gasteiger charge is -2.34. The van der Waals surface area contributed by atoms with Crippen LogP contribution in [0, 0.1) is 5.92 Å². The summed E-state index contributed by atoms with van der Waals surface area (Å²) in [5.41, 5.74) is 1.57. The second-order valence-corrected chi connectivity index (χ2v) is 5.08. The number of aromatic nitrogens is 2. The molecule has 1 N–H and O–H groups in total. The lowest BCUT2D eigenvalue weighted by atomic mass is 9.96. The van der Waals surface area contributed by atoms with Gasteiger partial charge in [0.1, 0.15) is 5.69 Å². The molecule has 0 spiro atoms. The number of amides is 1. The number of rotatable bonds is 2. The fraction of sp³-hybridized carbons (Fsp3) is 0.692. The fourth-order valence-electron chi connectivity index (χ4n) is 2.38. The molecular formula is C13H21N3O2. The third kappa shape index (κ3) is 2.41. The molecule has 1 aromatic heterocycles. The summed E-state index contributed by atoms with van der Waals surface area (Å²) in [7, 11) is 1.80. The molecule has 2 heterocycles. The van der Waals surface area contributed by atoms with E-state index in [-0.39, 0.29) is 17.9 Å². The van der Waals surface area contributed by atoms with Gasteiger partial charge in [-0.05, 0) is 24.8 Å². The van der Waals surface area contributed by atoms with Gasteiger partial charge in [0.2, 0.25) is 0 Å². The van der Waals surface area contributed by atoms with E-state index >= 15 is 0 Å². The first-order valence-corrected chi connectivity index (χ1v) is 6.53. The van der Waals surface area contributed by atoms with Crippen LogP contribution in [-0.4, -0.2) is 44.9 Å². The lowest BCUT2D eigenvalue weighted by Crippen LogP contribution is -2.45. The monoisotopic (exact) mass is 251 g/mol. The van der Waals surface area contributed by atoms with E-state index in [1.807, 2.05) is 24.8 Å². The van der Waals surface area contributed by atoms with Crippen LogP contribution in [0.25, 0.3) is 0 Å². The van der Waals surface area contributed by atoms with Crippen molar-refractivity contribution in [1.29, 1.82) is 0 Å². The number of hydrogen-bond acceptors (Lipinski definition) is 3. The highest BCUT2D eigenvalue weighted by atomic mass is 16.3. The van der Waals surface area contributed by atoms with Crippen LogP contribution in [0.4, 0.5) is 0 Å². The van der Waals surface area contributed by atoms with Crippen LogP contribution >= 0.6 is 0 Å². The predicted octanol–water partition coefficient (Wildman–Crippen LogP) is 0.825. The summed E-state index contributed by atoms with van der Waals surface area (Å²) in [6.07, 6.45) is 1.20. The number of hydrogen-bond donors (Lipinski definition) is 1. The van der Waals surface area contributed by atoms with Gasteiger partial charge < -0.3 is 10.0 Å². The van der Waals surface area contributed by atoms with Gasteiger partial charge in [0.05, 0.1) is 11.8 Å². The molecule has 2 atom stereocenters. The highest BCUT2D eigenvalue weighted by molar-refractivity contribution is 5.92. The second kappa shape index (κ2) is 5.10. The third-order valence-electron chi connectivity index (χ3n) is 3.66. The number of carbonyl (C=O) groups is 1. The van der Waals surface area contributed by atoms with Gasteiger partial charge in [-0.25, -0.2) is 0 Å². The number of aryl methyl sites for hydroxylation is 2. The summed E-state index contributed by atoms with van der Waals surface area (Å²) in [5.74, 6) is 0.157. The summed E-state index contributed by atoms with van der Waals surface area (Å²) < 4.78 is 1.65. The molecule has 0 radical (unpaired) electrons. The van der Waals surface area contributed by atoms with Crippen molar-refractivity contribution in [3.8, 4) is 0 Å². The average Bonchev–Trinajstić information content (AvgIpc) is 2.73. The highest BCUT2D eigenvalue weighted by Crippen LogP contribution is 2.19. The van der Waals surface area contributed by atoms with Crippen LogP contribution in [0.5, 0.6) is 0 Å². The molecule has 0 aromatic carbocycles. The molecule has 18 heavy (non-hydrogen) atoms. The van der Waals surface area contributed by atoms with Gasteiger partial charge in [-0.15, -0.1) is 0 Å². The smallest absolute Gasteiger partial charge is 0.272 e. The zero-order valence-electron chi connectivity index (χ0n) is 11.3. The molecule has 2 unspecified atom stereocenters. The van der Waals surface area contributed by atoms with Crippen LogP contribution < -0.4 is 0 Å². The molecule has 1 aliphatic heterocycles. The molecule has 0 saturated carbocycles. The van der Waals surface area contributed by atoms with Gasteiger partial charge in [0.25, 0.3) is 5.91 Å². The van der Waals surface area contributed by atoms with Crippen molar-refractivity contribution in [2.24, 2.45) is 13.0 Å². The van der Waals surface area contributed by atoms with E-state index < -0.39 is 0 Å². The zero-order chi connectivity index (χ0) is 13.3. The SMILES string of the molecule is CCc1cc(C(=O)N2CCC(O)C(C)C2)n(C)n1. The maximum Gasteiger partial charge on any atom is 0.272 e. The molecule has 1 aromatic rings. The Morgan fingerprint density at radius 1 is 1.61 bits per heavy atom. The number of aliphatic hydroxyl groups is 1. The van der Waals surface area contributed by atoms with Crippen LogP contribution in [0.2, 0.25) is 0 Å². The number of aliphatic hydroxyl groups excluding tert-OH is 1. The molecule has 1 aliphatic rings. The molecule has 0 aliphatic carbocycles. The average molecular weight is 251 g/mol. The van der Waals surface area contributed by atoms with Crippen molar-refractivity contribution >= 4 is 5.91 Å². The molecule has 0 bridgehead atoms. The van der Waals surface area contributed by atoms with Gasteiger partial charge in [0, 0.05) is 20.1 Å². The van der Waals surface area contributed by atoms with Gasteiger partial charge in [-0.3, -0.25) is 9.48 Å².